The molecule has 0 saturated carbocycles. The van der Waals surface area contributed by atoms with E-state index < -0.39 is 0 Å². The van der Waals surface area contributed by atoms with Gasteiger partial charge in [0.05, 0.1) is 5.69 Å². The monoisotopic (exact) mass is 264 g/mol. The Morgan fingerprint density at radius 2 is 2.11 bits per heavy atom. The summed E-state index contributed by atoms with van der Waals surface area (Å²) in [7, 11) is 0. The van der Waals surface area contributed by atoms with Crippen molar-refractivity contribution in [2.24, 2.45) is 0 Å². The molecule has 0 aliphatic heterocycles. The molecule has 1 aromatic heterocycles. The molecule has 0 aliphatic rings. The van der Waals surface area contributed by atoms with E-state index in [2.05, 4.69) is 36.2 Å². The average Bonchev–Trinajstić information content (AvgIpc) is 2.79. The van der Waals surface area contributed by atoms with Crippen molar-refractivity contribution in [3.05, 3.63) is 41.4 Å². The third kappa shape index (κ3) is 3.31. The first-order valence-corrected chi connectivity index (χ1v) is 6.22. The summed E-state index contributed by atoms with van der Waals surface area (Å²) in [5, 5.41) is 8.22. The fourth-order valence-electron chi connectivity index (χ4n) is 1.52. The molecular formula is C13H17ClN4. The molecule has 18 heavy (non-hydrogen) atoms. The van der Waals surface area contributed by atoms with Crippen LogP contribution in [0.2, 0.25) is 5.02 Å². The molecule has 0 bridgehead atoms. The Hall–Kier alpha value is -1.39. The summed E-state index contributed by atoms with van der Waals surface area (Å²) in [5.74, 6) is 0. The van der Waals surface area contributed by atoms with E-state index in [-0.39, 0.29) is 5.54 Å². The largest absolute Gasteiger partial charge is 0.308 e. The van der Waals surface area contributed by atoms with Crippen LogP contribution < -0.4 is 5.32 Å². The number of rotatable bonds is 3. The molecule has 1 N–H and O–H groups in total. The highest BCUT2D eigenvalue weighted by molar-refractivity contribution is 6.31. The fraction of sp³-hybridized carbons (Fsp3) is 0.385. The molecular weight excluding hydrogens is 248 g/mol. The second-order valence-corrected chi connectivity index (χ2v) is 5.63. The minimum Gasteiger partial charge on any atom is -0.308 e. The van der Waals surface area contributed by atoms with E-state index in [1.54, 1.807) is 11.0 Å². The molecule has 0 amide bonds. The van der Waals surface area contributed by atoms with Crippen molar-refractivity contribution in [1.82, 2.24) is 20.1 Å². The van der Waals surface area contributed by atoms with Gasteiger partial charge in [-0.2, -0.15) is 5.10 Å². The van der Waals surface area contributed by atoms with E-state index in [9.17, 15) is 0 Å². The highest BCUT2D eigenvalue weighted by Gasteiger charge is 2.10. The topological polar surface area (TPSA) is 42.7 Å². The second kappa shape index (κ2) is 5.08. The van der Waals surface area contributed by atoms with Crippen LogP contribution in [0.5, 0.6) is 0 Å². The quantitative estimate of drug-likeness (QED) is 0.927. The molecule has 0 aliphatic carbocycles. The molecule has 0 saturated heterocycles. The van der Waals surface area contributed by atoms with Gasteiger partial charge in [-0.1, -0.05) is 17.7 Å². The zero-order valence-electron chi connectivity index (χ0n) is 10.8. The second-order valence-electron chi connectivity index (χ2n) is 5.22. The van der Waals surface area contributed by atoms with Crippen molar-refractivity contribution >= 4 is 11.6 Å². The Balaban J connectivity index is 2.16. The van der Waals surface area contributed by atoms with Crippen molar-refractivity contribution in [3.8, 4) is 5.69 Å². The SMILES string of the molecule is CC(C)(C)NCc1ccc(-n2cncn2)cc1Cl. The number of benzene rings is 1. The van der Waals surface area contributed by atoms with E-state index in [0.29, 0.717) is 0 Å². The minimum atomic E-state index is 0.0773. The summed E-state index contributed by atoms with van der Waals surface area (Å²) in [4.78, 5) is 3.92. The van der Waals surface area contributed by atoms with Gasteiger partial charge in [0.15, 0.2) is 0 Å². The van der Waals surface area contributed by atoms with Crippen molar-refractivity contribution in [2.45, 2.75) is 32.9 Å². The lowest BCUT2D eigenvalue weighted by Gasteiger charge is -2.21. The lowest BCUT2D eigenvalue weighted by atomic mass is 10.1. The Morgan fingerprint density at radius 3 is 2.67 bits per heavy atom. The summed E-state index contributed by atoms with van der Waals surface area (Å²) in [6.45, 7) is 7.14. The van der Waals surface area contributed by atoms with Crippen LogP contribution in [0.15, 0.2) is 30.9 Å². The molecule has 5 heteroatoms. The first kappa shape index (κ1) is 13.1. The number of aromatic nitrogens is 3. The summed E-state index contributed by atoms with van der Waals surface area (Å²) in [5.41, 5.74) is 2.07. The Morgan fingerprint density at radius 1 is 1.33 bits per heavy atom. The Bertz CT molecular complexity index is 514. The van der Waals surface area contributed by atoms with E-state index in [1.165, 1.54) is 6.33 Å². The fourth-order valence-corrected chi connectivity index (χ4v) is 1.77. The van der Waals surface area contributed by atoms with Crippen molar-refractivity contribution < 1.29 is 0 Å². The molecule has 2 rings (SSSR count). The molecule has 0 radical (unpaired) electrons. The van der Waals surface area contributed by atoms with Gasteiger partial charge in [0.2, 0.25) is 0 Å². The van der Waals surface area contributed by atoms with E-state index >= 15 is 0 Å². The average molecular weight is 265 g/mol. The summed E-state index contributed by atoms with van der Waals surface area (Å²) in [6.07, 6.45) is 3.15. The van der Waals surface area contributed by atoms with Crippen LogP contribution in [0.1, 0.15) is 26.3 Å². The Labute approximate surface area is 112 Å². The molecule has 1 aromatic carbocycles. The summed E-state index contributed by atoms with van der Waals surface area (Å²) >= 11 is 6.27. The third-order valence-electron chi connectivity index (χ3n) is 2.53. The molecule has 1 heterocycles. The van der Waals surface area contributed by atoms with Gasteiger partial charge in [-0.05, 0) is 38.5 Å². The van der Waals surface area contributed by atoms with E-state index in [4.69, 9.17) is 11.6 Å². The summed E-state index contributed by atoms with van der Waals surface area (Å²) < 4.78 is 1.69. The molecule has 4 nitrogen and oxygen atoms in total. The predicted octanol–water partition coefficient (Wildman–Crippen LogP) is 2.81. The van der Waals surface area contributed by atoms with Gasteiger partial charge in [0.25, 0.3) is 0 Å². The van der Waals surface area contributed by atoms with Crippen LogP contribution in [0.3, 0.4) is 0 Å². The maximum atomic E-state index is 6.27. The van der Waals surface area contributed by atoms with E-state index in [0.717, 1.165) is 22.8 Å². The third-order valence-corrected chi connectivity index (χ3v) is 2.88. The molecule has 0 fully saturated rings. The van der Waals surface area contributed by atoms with Gasteiger partial charge in [-0.3, -0.25) is 0 Å². The standard InChI is InChI=1S/C13H17ClN4/c1-13(2,3)16-7-10-4-5-11(6-12(10)14)18-9-15-8-17-18/h4-6,8-9,16H,7H2,1-3H3. The maximum Gasteiger partial charge on any atom is 0.138 e. The van der Waals surface area contributed by atoms with E-state index in [1.807, 2.05) is 18.2 Å². The van der Waals surface area contributed by atoms with Gasteiger partial charge >= 0.3 is 0 Å². The summed E-state index contributed by atoms with van der Waals surface area (Å²) in [6, 6.07) is 5.90. The van der Waals surface area contributed by atoms with Crippen molar-refractivity contribution in [1.29, 1.82) is 0 Å². The maximum absolute atomic E-state index is 6.27. The number of nitrogens with one attached hydrogen (secondary N) is 1. The van der Waals surface area contributed by atoms with Crippen molar-refractivity contribution in [3.63, 3.8) is 0 Å². The van der Waals surface area contributed by atoms with Gasteiger partial charge in [0, 0.05) is 17.1 Å². The van der Waals surface area contributed by atoms with Crippen LogP contribution in [0.4, 0.5) is 0 Å². The van der Waals surface area contributed by atoms with Crippen LogP contribution in [0.25, 0.3) is 5.69 Å². The van der Waals surface area contributed by atoms with Gasteiger partial charge in [-0.15, -0.1) is 0 Å². The highest BCUT2D eigenvalue weighted by atomic mass is 35.5. The van der Waals surface area contributed by atoms with Gasteiger partial charge < -0.3 is 5.32 Å². The van der Waals surface area contributed by atoms with Crippen LogP contribution in [-0.4, -0.2) is 20.3 Å². The predicted molar refractivity (Wildman–Crippen MR) is 73.0 cm³/mol. The number of hydrogen-bond acceptors (Lipinski definition) is 3. The molecule has 96 valence electrons. The smallest absolute Gasteiger partial charge is 0.138 e. The molecule has 0 unspecified atom stereocenters. The Kier molecular flexibility index (Phi) is 3.68. The number of halogens is 1. The lowest BCUT2D eigenvalue weighted by molar-refractivity contribution is 0.424. The molecule has 0 atom stereocenters. The van der Waals surface area contributed by atoms with Crippen LogP contribution in [0, 0.1) is 0 Å². The number of nitrogens with zero attached hydrogens (tertiary/aromatic N) is 3. The normalized spacial score (nSPS) is 11.8. The molecule has 2 aromatic rings. The first-order chi connectivity index (χ1) is 8.46. The highest BCUT2D eigenvalue weighted by Crippen LogP contribution is 2.20. The minimum absolute atomic E-state index is 0.0773. The van der Waals surface area contributed by atoms with Crippen LogP contribution in [-0.2, 0) is 6.54 Å². The lowest BCUT2D eigenvalue weighted by Crippen LogP contribution is -2.35. The molecule has 0 spiro atoms. The number of hydrogen-bond donors (Lipinski definition) is 1. The van der Waals surface area contributed by atoms with Crippen LogP contribution >= 0.6 is 11.6 Å². The van der Waals surface area contributed by atoms with Gasteiger partial charge in [-0.25, -0.2) is 9.67 Å². The first-order valence-electron chi connectivity index (χ1n) is 5.84. The zero-order valence-corrected chi connectivity index (χ0v) is 11.6. The van der Waals surface area contributed by atoms with Gasteiger partial charge in [0.1, 0.15) is 12.7 Å². The zero-order chi connectivity index (χ0) is 13.2. The van der Waals surface area contributed by atoms with Crippen molar-refractivity contribution in [2.75, 3.05) is 0 Å².